The molecule has 1 aromatic heterocycles. The summed E-state index contributed by atoms with van der Waals surface area (Å²) >= 11 is 0. The van der Waals surface area contributed by atoms with Gasteiger partial charge in [-0.05, 0) is 35.9 Å². The maximum atomic E-state index is 12.7. The summed E-state index contributed by atoms with van der Waals surface area (Å²) in [6.07, 6.45) is 0. The van der Waals surface area contributed by atoms with Gasteiger partial charge in [-0.15, -0.1) is 0 Å². The molecule has 5 heteroatoms. The molecule has 0 aliphatic carbocycles. The van der Waals surface area contributed by atoms with Gasteiger partial charge in [-0.2, -0.15) is 5.10 Å². The van der Waals surface area contributed by atoms with Gasteiger partial charge in [0, 0.05) is 11.9 Å². The van der Waals surface area contributed by atoms with E-state index >= 15 is 0 Å². The van der Waals surface area contributed by atoms with Crippen LogP contribution in [0.4, 0.5) is 0 Å². The minimum atomic E-state index is -0.585. The van der Waals surface area contributed by atoms with E-state index in [9.17, 15) is 9.59 Å². The van der Waals surface area contributed by atoms with Crippen molar-refractivity contribution in [3.05, 3.63) is 82.8 Å². The molecule has 128 valence electrons. The molecule has 0 saturated carbocycles. The third kappa shape index (κ3) is 2.73. The summed E-state index contributed by atoms with van der Waals surface area (Å²) in [4.78, 5) is 25.1. The molecule has 26 heavy (non-hydrogen) atoms. The van der Waals surface area contributed by atoms with Crippen LogP contribution in [0.15, 0.2) is 71.5 Å². The molecule has 0 radical (unpaired) electrons. The fourth-order valence-corrected chi connectivity index (χ4v) is 2.99. The van der Waals surface area contributed by atoms with Crippen LogP contribution in [0, 0.1) is 0 Å². The minimum absolute atomic E-state index is 0.134. The number of hydrogen-bond donors (Lipinski definition) is 0. The number of nitrogens with zero attached hydrogens (tertiary/aromatic N) is 2. The largest absolute Gasteiger partial charge is 0.422 e. The predicted molar refractivity (Wildman–Crippen MR) is 101 cm³/mol. The molecule has 4 rings (SSSR count). The second-order valence-electron chi connectivity index (χ2n) is 5.91. The molecule has 0 unspecified atom stereocenters. The van der Waals surface area contributed by atoms with Gasteiger partial charge in [0.25, 0.3) is 5.56 Å². The van der Waals surface area contributed by atoms with Crippen molar-refractivity contribution >= 4 is 27.5 Å². The zero-order valence-electron chi connectivity index (χ0n) is 14.2. The van der Waals surface area contributed by atoms with Gasteiger partial charge in [0.1, 0.15) is 5.75 Å². The molecule has 0 bridgehead atoms. The van der Waals surface area contributed by atoms with Crippen LogP contribution in [0.3, 0.4) is 0 Å². The van der Waals surface area contributed by atoms with E-state index in [0.717, 1.165) is 10.8 Å². The Morgan fingerprint density at radius 2 is 1.65 bits per heavy atom. The fraction of sp³-hybridized carbons (Fsp3) is 0.0952. The topological polar surface area (TPSA) is 61.2 Å². The smallest absolute Gasteiger partial charge is 0.364 e. The normalized spacial score (nSPS) is 11.0. The van der Waals surface area contributed by atoms with E-state index in [2.05, 4.69) is 5.10 Å². The van der Waals surface area contributed by atoms with Gasteiger partial charge in [0.15, 0.2) is 5.69 Å². The number of aromatic nitrogens is 2. The van der Waals surface area contributed by atoms with Gasteiger partial charge >= 0.3 is 5.97 Å². The number of fused-ring (bicyclic) bond motifs is 2. The average molecular weight is 344 g/mol. The summed E-state index contributed by atoms with van der Waals surface area (Å²) in [5, 5.41) is 7.20. The zero-order chi connectivity index (χ0) is 18.1. The van der Waals surface area contributed by atoms with Crippen LogP contribution in [-0.2, 0) is 6.54 Å². The first kappa shape index (κ1) is 16.0. The highest BCUT2D eigenvalue weighted by Gasteiger charge is 2.18. The number of carbonyl (C=O) groups excluding carboxylic acids is 1. The summed E-state index contributed by atoms with van der Waals surface area (Å²) in [5.74, 6) is -0.146. The van der Waals surface area contributed by atoms with Crippen LogP contribution >= 0.6 is 0 Å². The Labute approximate surface area is 149 Å². The molecule has 0 aliphatic rings. The lowest BCUT2D eigenvalue weighted by Gasteiger charge is -2.10. The lowest BCUT2D eigenvalue weighted by atomic mass is 10.1. The molecule has 0 spiro atoms. The minimum Gasteiger partial charge on any atom is -0.422 e. The van der Waals surface area contributed by atoms with Crippen molar-refractivity contribution in [1.82, 2.24) is 9.78 Å². The maximum Gasteiger partial charge on any atom is 0.364 e. The molecule has 5 nitrogen and oxygen atoms in total. The van der Waals surface area contributed by atoms with E-state index < -0.39 is 5.97 Å². The lowest BCUT2D eigenvalue weighted by molar-refractivity contribution is 0.0728. The number of aryl methyl sites for hydroxylation is 1. The standard InChI is InChI=1S/C21H16N2O3/c1-2-23-20(24)18-10-6-5-9-17(18)19(22-23)21(25)26-16-12-11-14-7-3-4-8-15(14)13-16/h3-13H,2H2,1H3. The Morgan fingerprint density at radius 1 is 0.962 bits per heavy atom. The molecule has 0 atom stereocenters. The lowest BCUT2D eigenvalue weighted by Crippen LogP contribution is -2.26. The summed E-state index contributed by atoms with van der Waals surface area (Å²) < 4.78 is 6.82. The van der Waals surface area contributed by atoms with Crippen LogP contribution in [0.1, 0.15) is 17.4 Å². The quantitative estimate of drug-likeness (QED) is 0.419. The van der Waals surface area contributed by atoms with E-state index in [0.29, 0.717) is 23.1 Å². The van der Waals surface area contributed by atoms with Crippen molar-refractivity contribution in [2.75, 3.05) is 0 Å². The second kappa shape index (κ2) is 6.44. The van der Waals surface area contributed by atoms with E-state index in [1.54, 1.807) is 30.3 Å². The van der Waals surface area contributed by atoms with Crippen LogP contribution in [0.5, 0.6) is 5.75 Å². The number of rotatable bonds is 3. The van der Waals surface area contributed by atoms with Crippen molar-refractivity contribution < 1.29 is 9.53 Å². The average Bonchev–Trinajstić information content (AvgIpc) is 2.68. The molecule has 0 aliphatic heterocycles. The van der Waals surface area contributed by atoms with Gasteiger partial charge in [-0.25, -0.2) is 9.48 Å². The Balaban J connectivity index is 1.78. The second-order valence-corrected chi connectivity index (χ2v) is 5.91. The number of benzene rings is 3. The highest BCUT2D eigenvalue weighted by atomic mass is 16.5. The molecular weight excluding hydrogens is 328 g/mol. The SMILES string of the molecule is CCn1nc(C(=O)Oc2ccc3ccccc3c2)c2ccccc2c1=O. The first-order chi connectivity index (χ1) is 12.7. The maximum absolute atomic E-state index is 12.7. The van der Waals surface area contributed by atoms with E-state index in [1.807, 2.05) is 43.3 Å². The molecule has 3 aromatic carbocycles. The van der Waals surface area contributed by atoms with E-state index in [-0.39, 0.29) is 11.3 Å². The van der Waals surface area contributed by atoms with Gasteiger partial charge in [0.05, 0.1) is 5.39 Å². The third-order valence-corrected chi connectivity index (χ3v) is 4.29. The summed E-state index contributed by atoms with van der Waals surface area (Å²) in [6.45, 7) is 2.18. The molecule has 0 amide bonds. The molecule has 1 heterocycles. The third-order valence-electron chi connectivity index (χ3n) is 4.29. The first-order valence-electron chi connectivity index (χ1n) is 8.38. The van der Waals surface area contributed by atoms with Crippen LogP contribution in [-0.4, -0.2) is 15.7 Å². The predicted octanol–water partition coefficient (Wildman–Crippen LogP) is 3.79. The highest BCUT2D eigenvalue weighted by molar-refractivity contribution is 6.03. The summed E-state index contributed by atoms with van der Waals surface area (Å²) in [7, 11) is 0. The molecule has 0 saturated heterocycles. The number of esters is 1. The van der Waals surface area contributed by atoms with Crippen molar-refractivity contribution in [2.45, 2.75) is 13.5 Å². The summed E-state index contributed by atoms with van der Waals surface area (Å²) in [6, 6.07) is 20.2. The van der Waals surface area contributed by atoms with Crippen LogP contribution < -0.4 is 10.3 Å². The van der Waals surface area contributed by atoms with Gasteiger partial charge < -0.3 is 4.74 Å². The first-order valence-corrected chi connectivity index (χ1v) is 8.38. The molecule has 0 N–H and O–H groups in total. The molecule has 4 aromatic rings. The van der Waals surface area contributed by atoms with Gasteiger partial charge in [-0.3, -0.25) is 4.79 Å². The van der Waals surface area contributed by atoms with Crippen molar-refractivity contribution in [2.24, 2.45) is 0 Å². The molecule has 0 fully saturated rings. The Bertz CT molecular complexity index is 1190. The Hall–Kier alpha value is -3.47. The highest BCUT2D eigenvalue weighted by Crippen LogP contribution is 2.22. The van der Waals surface area contributed by atoms with Crippen molar-refractivity contribution in [3.8, 4) is 5.75 Å². The van der Waals surface area contributed by atoms with Gasteiger partial charge in [-0.1, -0.05) is 48.5 Å². The Kier molecular flexibility index (Phi) is 3.97. The summed E-state index contributed by atoms with van der Waals surface area (Å²) in [5.41, 5.74) is -0.0828. The fourth-order valence-electron chi connectivity index (χ4n) is 2.99. The molecular formula is C21H16N2O3. The monoisotopic (exact) mass is 344 g/mol. The number of ether oxygens (including phenoxy) is 1. The van der Waals surface area contributed by atoms with Crippen molar-refractivity contribution in [1.29, 1.82) is 0 Å². The number of carbonyl (C=O) groups is 1. The van der Waals surface area contributed by atoms with E-state index in [1.165, 1.54) is 4.68 Å². The van der Waals surface area contributed by atoms with Crippen LogP contribution in [0.2, 0.25) is 0 Å². The van der Waals surface area contributed by atoms with E-state index in [4.69, 9.17) is 4.74 Å². The van der Waals surface area contributed by atoms with Crippen molar-refractivity contribution in [3.63, 3.8) is 0 Å². The van der Waals surface area contributed by atoms with Crippen LogP contribution in [0.25, 0.3) is 21.5 Å². The Morgan fingerprint density at radius 3 is 2.42 bits per heavy atom. The number of hydrogen-bond acceptors (Lipinski definition) is 4. The van der Waals surface area contributed by atoms with Gasteiger partial charge in [0.2, 0.25) is 0 Å². The zero-order valence-corrected chi connectivity index (χ0v) is 14.2.